The van der Waals surface area contributed by atoms with Crippen LogP contribution in [0.15, 0.2) is 66.7 Å². The summed E-state index contributed by atoms with van der Waals surface area (Å²) in [5.41, 5.74) is 3.25. The van der Waals surface area contributed by atoms with Crippen LogP contribution in [0, 0.1) is 0 Å². The van der Waals surface area contributed by atoms with Crippen LogP contribution in [-0.4, -0.2) is 37.2 Å². The average molecular weight is 431 g/mol. The zero-order valence-corrected chi connectivity index (χ0v) is 18.2. The van der Waals surface area contributed by atoms with Gasteiger partial charge >= 0.3 is 0 Å². The number of amides is 1. The predicted octanol–water partition coefficient (Wildman–Crippen LogP) is 4.30. The second kappa shape index (κ2) is 9.43. The highest BCUT2D eigenvalue weighted by Gasteiger charge is 2.22. The summed E-state index contributed by atoms with van der Waals surface area (Å²) in [5, 5.41) is 3.11. The second-order valence-corrected chi connectivity index (χ2v) is 7.27. The van der Waals surface area contributed by atoms with Crippen molar-refractivity contribution >= 4 is 16.9 Å². The number of nitrogens with zero attached hydrogens (tertiary/aromatic N) is 1. The van der Waals surface area contributed by atoms with Crippen LogP contribution in [0.2, 0.25) is 0 Å². The molecule has 32 heavy (non-hydrogen) atoms. The Balaban J connectivity index is 1.68. The van der Waals surface area contributed by atoms with Gasteiger partial charge in [-0.05, 0) is 36.2 Å². The normalized spacial score (nSPS) is 11.7. The minimum absolute atomic E-state index is 0.273. The van der Waals surface area contributed by atoms with Gasteiger partial charge in [0.1, 0.15) is 5.82 Å². The number of carbonyl (C=O) groups excluding carboxylic acids is 1. The highest BCUT2D eigenvalue weighted by molar-refractivity contribution is 5.96. The number of para-hydroxylation sites is 2. The first-order valence-electron chi connectivity index (χ1n) is 10.2. The van der Waals surface area contributed by atoms with Crippen LogP contribution >= 0.6 is 0 Å². The number of aromatic amines is 1. The summed E-state index contributed by atoms with van der Waals surface area (Å²) in [5.74, 6) is 1.69. The number of nitrogens with one attached hydrogen (secondary N) is 2. The molecule has 7 heteroatoms. The first-order valence-corrected chi connectivity index (χ1v) is 10.2. The lowest BCUT2D eigenvalue weighted by Crippen LogP contribution is -2.30. The monoisotopic (exact) mass is 431 g/mol. The smallest absolute Gasteiger partial charge is 0.252 e. The van der Waals surface area contributed by atoms with E-state index >= 15 is 0 Å². The fraction of sp³-hybridized carbons (Fsp3) is 0.200. The van der Waals surface area contributed by atoms with Crippen molar-refractivity contribution in [3.63, 3.8) is 0 Å². The molecule has 0 radical (unpaired) electrons. The van der Waals surface area contributed by atoms with E-state index in [9.17, 15) is 4.79 Å². The molecule has 7 nitrogen and oxygen atoms in total. The molecule has 1 heterocycles. The molecule has 0 fully saturated rings. The first-order chi connectivity index (χ1) is 15.6. The van der Waals surface area contributed by atoms with Crippen molar-refractivity contribution in [2.24, 2.45) is 0 Å². The van der Waals surface area contributed by atoms with Gasteiger partial charge in [0.2, 0.25) is 5.75 Å². The van der Waals surface area contributed by atoms with Crippen LogP contribution < -0.4 is 19.5 Å². The van der Waals surface area contributed by atoms with Crippen molar-refractivity contribution < 1.29 is 19.0 Å². The van der Waals surface area contributed by atoms with E-state index in [2.05, 4.69) is 10.3 Å². The van der Waals surface area contributed by atoms with Crippen LogP contribution in [0.3, 0.4) is 0 Å². The summed E-state index contributed by atoms with van der Waals surface area (Å²) in [6.45, 7) is 0. The molecule has 0 saturated heterocycles. The number of methoxy groups -OCH3 is 3. The molecule has 0 aliphatic rings. The number of fused-ring (bicyclic) bond motifs is 1. The van der Waals surface area contributed by atoms with Gasteiger partial charge in [0.25, 0.3) is 5.91 Å². The quantitative estimate of drug-likeness (QED) is 0.434. The molecular weight excluding hydrogens is 406 g/mol. The Bertz CT molecular complexity index is 1160. The number of H-pyrrole nitrogens is 1. The third-order valence-electron chi connectivity index (χ3n) is 5.25. The van der Waals surface area contributed by atoms with Gasteiger partial charge in [0, 0.05) is 5.56 Å². The van der Waals surface area contributed by atoms with Crippen LogP contribution in [0.4, 0.5) is 0 Å². The molecule has 0 aliphatic carbocycles. The van der Waals surface area contributed by atoms with Gasteiger partial charge in [-0.1, -0.05) is 42.5 Å². The number of rotatable bonds is 8. The number of carbonyl (C=O) groups is 1. The lowest BCUT2D eigenvalue weighted by Gasteiger charge is -2.18. The van der Waals surface area contributed by atoms with Gasteiger partial charge in [0.05, 0.1) is 38.4 Å². The van der Waals surface area contributed by atoms with Crippen molar-refractivity contribution in [2.75, 3.05) is 21.3 Å². The van der Waals surface area contributed by atoms with E-state index in [1.807, 2.05) is 54.6 Å². The summed E-state index contributed by atoms with van der Waals surface area (Å²) in [4.78, 5) is 21.3. The number of benzene rings is 3. The molecule has 2 N–H and O–H groups in total. The van der Waals surface area contributed by atoms with Crippen molar-refractivity contribution in [3.8, 4) is 17.2 Å². The minimum Gasteiger partial charge on any atom is -0.493 e. The van der Waals surface area contributed by atoms with E-state index in [0.717, 1.165) is 16.6 Å². The van der Waals surface area contributed by atoms with Gasteiger partial charge in [-0.25, -0.2) is 4.98 Å². The van der Waals surface area contributed by atoms with E-state index in [4.69, 9.17) is 19.2 Å². The van der Waals surface area contributed by atoms with Gasteiger partial charge in [0.15, 0.2) is 11.5 Å². The Hall–Kier alpha value is -4.00. The largest absolute Gasteiger partial charge is 0.493 e. The van der Waals surface area contributed by atoms with Crippen LogP contribution in [0.1, 0.15) is 27.8 Å². The number of imidazole rings is 1. The van der Waals surface area contributed by atoms with Crippen molar-refractivity contribution in [2.45, 2.75) is 12.5 Å². The molecule has 0 unspecified atom stereocenters. The summed E-state index contributed by atoms with van der Waals surface area (Å²) >= 11 is 0. The molecule has 0 spiro atoms. The van der Waals surface area contributed by atoms with E-state index in [-0.39, 0.29) is 11.9 Å². The third-order valence-corrected chi connectivity index (χ3v) is 5.25. The summed E-state index contributed by atoms with van der Waals surface area (Å²) < 4.78 is 16.1. The van der Waals surface area contributed by atoms with Crippen molar-refractivity contribution in [3.05, 3.63) is 83.7 Å². The van der Waals surface area contributed by atoms with Crippen molar-refractivity contribution in [1.29, 1.82) is 0 Å². The van der Waals surface area contributed by atoms with Crippen LogP contribution in [0.25, 0.3) is 11.0 Å². The van der Waals surface area contributed by atoms with Gasteiger partial charge in [-0.3, -0.25) is 4.79 Å². The third kappa shape index (κ3) is 4.37. The highest BCUT2D eigenvalue weighted by atomic mass is 16.5. The maximum absolute atomic E-state index is 13.3. The Kier molecular flexibility index (Phi) is 6.26. The van der Waals surface area contributed by atoms with E-state index in [0.29, 0.717) is 35.1 Å². The number of hydrogen-bond donors (Lipinski definition) is 2. The fourth-order valence-corrected chi connectivity index (χ4v) is 3.66. The van der Waals surface area contributed by atoms with E-state index in [1.165, 1.54) is 21.3 Å². The van der Waals surface area contributed by atoms with Crippen LogP contribution in [0.5, 0.6) is 17.2 Å². The maximum atomic E-state index is 13.3. The van der Waals surface area contributed by atoms with Crippen molar-refractivity contribution in [1.82, 2.24) is 15.3 Å². The fourth-order valence-electron chi connectivity index (χ4n) is 3.66. The Morgan fingerprint density at radius 3 is 2.22 bits per heavy atom. The topological polar surface area (TPSA) is 85.5 Å². The van der Waals surface area contributed by atoms with Gasteiger partial charge in [-0.15, -0.1) is 0 Å². The Labute approximate surface area is 186 Å². The second-order valence-electron chi connectivity index (χ2n) is 7.27. The molecule has 1 atom stereocenters. The molecule has 1 aromatic heterocycles. The lowest BCUT2D eigenvalue weighted by atomic mass is 10.0. The molecule has 0 aliphatic heterocycles. The zero-order valence-electron chi connectivity index (χ0n) is 18.2. The first kappa shape index (κ1) is 21.2. The van der Waals surface area contributed by atoms with E-state index < -0.39 is 0 Å². The van der Waals surface area contributed by atoms with E-state index in [1.54, 1.807) is 12.1 Å². The molecule has 0 bridgehead atoms. The number of ether oxygens (including phenoxy) is 3. The molecule has 164 valence electrons. The Morgan fingerprint density at radius 2 is 1.59 bits per heavy atom. The molecule has 3 aromatic carbocycles. The highest BCUT2D eigenvalue weighted by Crippen LogP contribution is 2.38. The standard InChI is InChI=1S/C25H25N3O4/c1-30-21-14-17(15-22(31-2)23(21)32-3)25(29)28-20(13-16-9-5-4-6-10-16)24-26-18-11-7-8-12-19(18)27-24/h4-12,14-15,20H,13H2,1-3H3,(H,26,27)(H,28,29)/t20-/m1/s1. The zero-order chi connectivity index (χ0) is 22.5. The number of aromatic nitrogens is 2. The molecular formula is C25H25N3O4. The maximum Gasteiger partial charge on any atom is 0.252 e. The molecule has 1 amide bonds. The summed E-state index contributed by atoms with van der Waals surface area (Å²) in [6.07, 6.45) is 0.580. The average Bonchev–Trinajstić information content (AvgIpc) is 3.27. The predicted molar refractivity (Wildman–Crippen MR) is 123 cm³/mol. The summed E-state index contributed by atoms with van der Waals surface area (Å²) in [7, 11) is 4.56. The molecule has 4 rings (SSSR count). The molecule has 4 aromatic rings. The Morgan fingerprint density at radius 1 is 0.938 bits per heavy atom. The molecule has 0 saturated carbocycles. The summed E-state index contributed by atoms with van der Waals surface area (Å²) in [6, 6.07) is 20.7. The van der Waals surface area contributed by atoms with Gasteiger partial charge in [-0.2, -0.15) is 0 Å². The van der Waals surface area contributed by atoms with Gasteiger partial charge < -0.3 is 24.5 Å². The minimum atomic E-state index is -0.364. The SMILES string of the molecule is COc1cc(C(=O)N[C@H](Cc2ccccc2)c2nc3ccccc3[nH]2)cc(OC)c1OC. The van der Waals surface area contributed by atoms with Crippen LogP contribution in [-0.2, 0) is 6.42 Å². The lowest BCUT2D eigenvalue weighted by molar-refractivity contribution is 0.0934. The number of hydrogen-bond acceptors (Lipinski definition) is 5.